The molecular weight excluding hydrogens is 344 g/mol. The van der Waals surface area contributed by atoms with Gasteiger partial charge in [-0.3, -0.25) is 0 Å². The summed E-state index contributed by atoms with van der Waals surface area (Å²) in [5.74, 6) is 7.06. The Hall–Kier alpha value is -3.28. The van der Waals surface area contributed by atoms with Gasteiger partial charge >= 0.3 is 0 Å². The van der Waals surface area contributed by atoms with E-state index >= 15 is 0 Å². The fourth-order valence-electron chi connectivity index (χ4n) is 2.78. The molecule has 0 aliphatic carbocycles. The minimum Gasteiger partial charge on any atom is -0.468 e. The Morgan fingerprint density at radius 3 is 2.21 bits per heavy atom. The second-order valence-electron chi connectivity index (χ2n) is 6.63. The van der Waals surface area contributed by atoms with Crippen LogP contribution in [-0.4, -0.2) is 13.9 Å². The minimum absolute atomic E-state index is 0.222. The minimum atomic E-state index is 0.222. The largest absolute Gasteiger partial charge is 0.468 e. The Morgan fingerprint density at radius 1 is 0.857 bits per heavy atom. The van der Waals surface area contributed by atoms with E-state index in [4.69, 9.17) is 9.47 Å². The van der Waals surface area contributed by atoms with Crippen LogP contribution in [0.1, 0.15) is 22.3 Å². The molecule has 0 aliphatic heterocycles. The van der Waals surface area contributed by atoms with Gasteiger partial charge in [-0.15, -0.1) is 0 Å². The molecule has 0 spiro atoms. The zero-order valence-electron chi connectivity index (χ0n) is 16.5. The third kappa shape index (κ3) is 5.36. The fourth-order valence-corrected chi connectivity index (χ4v) is 2.78. The van der Waals surface area contributed by atoms with E-state index in [2.05, 4.69) is 68.2 Å². The Labute approximate surface area is 167 Å². The van der Waals surface area contributed by atoms with Gasteiger partial charge < -0.3 is 9.47 Å². The van der Waals surface area contributed by atoms with Gasteiger partial charge in [-0.25, -0.2) is 0 Å². The summed E-state index contributed by atoms with van der Waals surface area (Å²) in [5.41, 5.74) is 6.83. The summed E-state index contributed by atoms with van der Waals surface area (Å²) < 4.78 is 10.6. The van der Waals surface area contributed by atoms with Crippen LogP contribution >= 0.6 is 0 Å². The lowest BCUT2D eigenvalue weighted by molar-refractivity contribution is 0.0511. The van der Waals surface area contributed by atoms with Crippen LogP contribution in [-0.2, 0) is 4.74 Å². The highest BCUT2D eigenvalue weighted by Crippen LogP contribution is 2.29. The molecule has 0 bridgehead atoms. The van der Waals surface area contributed by atoms with Gasteiger partial charge in [0.25, 0.3) is 0 Å². The molecule has 28 heavy (non-hydrogen) atoms. The lowest BCUT2D eigenvalue weighted by Crippen LogP contribution is -1.99. The summed E-state index contributed by atoms with van der Waals surface area (Å²) in [6.07, 6.45) is 3.91. The summed E-state index contributed by atoms with van der Waals surface area (Å²) in [5, 5.41) is 0. The van der Waals surface area contributed by atoms with Crippen molar-refractivity contribution in [1.29, 1.82) is 0 Å². The van der Waals surface area contributed by atoms with Crippen LogP contribution in [0.4, 0.5) is 0 Å². The van der Waals surface area contributed by atoms with Crippen molar-refractivity contribution >= 4 is 6.08 Å². The van der Waals surface area contributed by atoms with Crippen LogP contribution < -0.4 is 4.74 Å². The van der Waals surface area contributed by atoms with Crippen molar-refractivity contribution in [2.45, 2.75) is 13.8 Å². The van der Waals surface area contributed by atoms with Crippen molar-refractivity contribution in [3.63, 3.8) is 0 Å². The van der Waals surface area contributed by atoms with Gasteiger partial charge in [0, 0.05) is 12.7 Å². The maximum absolute atomic E-state index is 5.60. The smallest absolute Gasteiger partial charge is 0.188 e. The molecule has 0 heterocycles. The van der Waals surface area contributed by atoms with Crippen molar-refractivity contribution in [2.75, 3.05) is 13.9 Å². The highest BCUT2D eigenvalue weighted by atomic mass is 16.7. The standard InChI is InChI=1S/C26H24O2/c1-20-8-12-22(13-9-20)6-4-5-7-24-18-25(28-19-27-3)16-17-26(24)23-14-10-21(2)11-15-23/h5,7-18H,19H2,1-3H3/b7-5+. The number of allylic oxidation sites excluding steroid dienone is 1. The van der Waals surface area contributed by atoms with Gasteiger partial charge in [-0.2, -0.15) is 0 Å². The molecule has 140 valence electrons. The zero-order chi connectivity index (χ0) is 19.8. The molecule has 2 nitrogen and oxygen atoms in total. The van der Waals surface area contributed by atoms with E-state index in [1.807, 2.05) is 36.4 Å². The first-order valence-corrected chi connectivity index (χ1v) is 9.23. The summed E-state index contributed by atoms with van der Waals surface area (Å²) in [4.78, 5) is 0. The molecule has 3 aromatic rings. The van der Waals surface area contributed by atoms with E-state index in [0.717, 1.165) is 28.0 Å². The number of methoxy groups -OCH3 is 1. The van der Waals surface area contributed by atoms with Crippen LogP contribution in [0.25, 0.3) is 17.2 Å². The predicted octanol–water partition coefficient (Wildman–Crippen LogP) is 6.02. The Morgan fingerprint density at radius 2 is 1.54 bits per heavy atom. The number of benzene rings is 3. The Balaban J connectivity index is 1.89. The van der Waals surface area contributed by atoms with Crippen molar-refractivity contribution in [3.8, 4) is 28.7 Å². The van der Waals surface area contributed by atoms with Crippen molar-refractivity contribution < 1.29 is 9.47 Å². The molecule has 0 fully saturated rings. The van der Waals surface area contributed by atoms with Crippen LogP contribution in [0.5, 0.6) is 5.75 Å². The summed E-state index contributed by atoms with van der Waals surface area (Å²) in [6.45, 7) is 4.38. The quantitative estimate of drug-likeness (QED) is 0.405. The topological polar surface area (TPSA) is 18.5 Å². The number of hydrogen-bond donors (Lipinski definition) is 0. The average Bonchev–Trinajstić information content (AvgIpc) is 2.72. The monoisotopic (exact) mass is 368 g/mol. The fraction of sp³-hybridized carbons (Fsp3) is 0.154. The lowest BCUT2D eigenvalue weighted by atomic mass is 9.98. The second-order valence-corrected chi connectivity index (χ2v) is 6.63. The third-order valence-electron chi connectivity index (χ3n) is 4.34. The maximum Gasteiger partial charge on any atom is 0.188 e. The van der Waals surface area contributed by atoms with Crippen molar-refractivity contribution in [3.05, 3.63) is 95.1 Å². The van der Waals surface area contributed by atoms with E-state index in [1.54, 1.807) is 7.11 Å². The van der Waals surface area contributed by atoms with Crippen LogP contribution in [0, 0.1) is 25.7 Å². The normalized spacial score (nSPS) is 10.5. The molecule has 2 heteroatoms. The van der Waals surface area contributed by atoms with Gasteiger partial charge in [0.1, 0.15) is 5.75 Å². The lowest BCUT2D eigenvalue weighted by Gasteiger charge is -2.10. The zero-order valence-corrected chi connectivity index (χ0v) is 16.5. The molecule has 0 saturated heterocycles. The summed E-state index contributed by atoms with van der Waals surface area (Å²) in [6, 6.07) is 22.8. The van der Waals surface area contributed by atoms with Gasteiger partial charge in [-0.1, -0.05) is 65.4 Å². The first-order chi connectivity index (χ1) is 13.7. The summed E-state index contributed by atoms with van der Waals surface area (Å²) >= 11 is 0. The number of aryl methyl sites for hydroxylation is 2. The Kier molecular flexibility index (Phi) is 6.68. The van der Waals surface area contributed by atoms with Crippen LogP contribution in [0.3, 0.4) is 0 Å². The van der Waals surface area contributed by atoms with E-state index in [-0.39, 0.29) is 6.79 Å². The predicted molar refractivity (Wildman–Crippen MR) is 116 cm³/mol. The number of rotatable bonds is 5. The first-order valence-electron chi connectivity index (χ1n) is 9.23. The molecule has 0 unspecified atom stereocenters. The van der Waals surface area contributed by atoms with Gasteiger partial charge in [0.2, 0.25) is 0 Å². The van der Waals surface area contributed by atoms with E-state index in [1.165, 1.54) is 11.1 Å². The second kappa shape index (κ2) is 9.60. The number of ether oxygens (including phenoxy) is 2. The molecule has 3 rings (SSSR count). The molecule has 0 amide bonds. The molecule has 0 N–H and O–H groups in total. The van der Waals surface area contributed by atoms with Crippen LogP contribution in [0.2, 0.25) is 0 Å². The SMILES string of the molecule is COCOc1ccc(-c2ccc(C)cc2)c(/C=C/C#Cc2ccc(C)cc2)c1. The van der Waals surface area contributed by atoms with Crippen LogP contribution in [0.15, 0.2) is 72.8 Å². The molecule has 0 aromatic heterocycles. The molecule has 0 radical (unpaired) electrons. The average molecular weight is 368 g/mol. The van der Waals surface area contributed by atoms with E-state index in [0.29, 0.717) is 0 Å². The number of hydrogen-bond acceptors (Lipinski definition) is 2. The highest BCUT2D eigenvalue weighted by Gasteiger charge is 2.05. The Bertz CT molecular complexity index is 1000. The molecular formula is C26H24O2. The summed E-state index contributed by atoms with van der Waals surface area (Å²) in [7, 11) is 1.61. The van der Waals surface area contributed by atoms with Crippen molar-refractivity contribution in [2.24, 2.45) is 0 Å². The van der Waals surface area contributed by atoms with Crippen molar-refractivity contribution in [1.82, 2.24) is 0 Å². The van der Waals surface area contributed by atoms with Gasteiger partial charge in [0.05, 0.1) is 0 Å². The molecule has 0 aliphatic rings. The van der Waals surface area contributed by atoms with Gasteiger partial charge in [-0.05, 0) is 67.0 Å². The van der Waals surface area contributed by atoms with E-state index in [9.17, 15) is 0 Å². The maximum atomic E-state index is 5.60. The molecule has 3 aromatic carbocycles. The van der Waals surface area contributed by atoms with Gasteiger partial charge in [0.15, 0.2) is 6.79 Å². The molecule has 0 atom stereocenters. The van der Waals surface area contributed by atoms with E-state index < -0.39 is 0 Å². The highest BCUT2D eigenvalue weighted by molar-refractivity contribution is 5.77. The molecule has 0 saturated carbocycles. The first kappa shape index (κ1) is 19.5. The third-order valence-corrected chi connectivity index (χ3v) is 4.34.